The van der Waals surface area contributed by atoms with Crippen LogP contribution in [0, 0.1) is 6.92 Å². The van der Waals surface area contributed by atoms with Gasteiger partial charge in [-0.25, -0.2) is 0 Å². The SMILES string of the molecule is Cc1ccc2sccc2c1. The van der Waals surface area contributed by atoms with Crippen LogP contribution in [0.5, 0.6) is 0 Å². The second kappa shape index (κ2) is 2.10. The summed E-state index contributed by atoms with van der Waals surface area (Å²) >= 11 is 1.80. The summed E-state index contributed by atoms with van der Waals surface area (Å²) < 4.78 is 1.38. The quantitative estimate of drug-likeness (QED) is 0.538. The Hall–Kier alpha value is -0.820. The van der Waals surface area contributed by atoms with Gasteiger partial charge in [-0.05, 0) is 29.8 Å². The highest BCUT2D eigenvalue weighted by molar-refractivity contribution is 7.17. The zero-order chi connectivity index (χ0) is 6.97. The molecule has 0 N–H and O–H groups in total. The van der Waals surface area contributed by atoms with Crippen LogP contribution in [-0.4, -0.2) is 0 Å². The highest BCUT2D eigenvalue weighted by atomic mass is 32.1. The molecule has 0 nitrogen and oxygen atoms in total. The van der Waals surface area contributed by atoms with Crippen molar-refractivity contribution < 1.29 is 0 Å². The van der Waals surface area contributed by atoms with E-state index < -0.39 is 0 Å². The first-order valence-electron chi connectivity index (χ1n) is 3.30. The van der Waals surface area contributed by atoms with Crippen LogP contribution in [0.25, 0.3) is 10.1 Å². The molecule has 0 atom stereocenters. The van der Waals surface area contributed by atoms with Gasteiger partial charge in [0.2, 0.25) is 0 Å². The highest BCUT2D eigenvalue weighted by Gasteiger charge is 1.91. The second-order valence-corrected chi connectivity index (χ2v) is 3.41. The van der Waals surface area contributed by atoms with Gasteiger partial charge in [0.05, 0.1) is 0 Å². The lowest BCUT2D eigenvalue weighted by atomic mass is 10.2. The molecule has 0 fully saturated rings. The van der Waals surface area contributed by atoms with Crippen molar-refractivity contribution in [1.29, 1.82) is 0 Å². The predicted molar refractivity (Wildman–Crippen MR) is 46.6 cm³/mol. The molecule has 1 aromatic heterocycles. The van der Waals surface area contributed by atoms with E-state index in [-0.39, 0.29) is 0 Å². The normalized spacial score (nSPS) is 10.5. The molecule has 50 valence electrons. The number of rotatable bonds is 0. The summed E-state index contributed by atoms with van der Waals surface area (Å²) in [4.78, 5) is 0. The molecule has 1 aromatic carbocycles. The molecule has 0 aliphatic carbocycles. The minimum Gasteiger partial charge on any atom is -0.144 e. The van der Waals surface area contributed by atoms with E-state index in [2.05, 4.69) is 36.6 Å². The van der Waals surface area contributed by atoms with E-state index >= 15 is 0 Å². The fourth-order valence-corrected chi connectivity index (χ4v) is 1.86. The molecule has 2 rings (SSSR count). The molecule has 0 saturated heterocycles. The van der Waals surface area contributed by atoms with Gasteiger partial charge in [-0.1, -0.05) is 17.7 Å². The molecule has 2 aromatic rings. The van der Waals surface area contributed by atoms with E-state index in [0.29, 0.717) is 0 Å². The third-order valence-electron chi connectivity index (χ3n) is 1.61. The van der Waals surface area contributed by atoms with Crippen molar-refractivity contribution >= 4 is 21.4 Å². The topological polar surface area (TPSA) is 0 Å². The molecule has 0 aliphatic rings. The summed E-state index contributed by atoms with van der Waals surface area (Å²) in [5.41, 5.74) is 1.34. The van der Waals surface area contributed by atoms with Gasteiger partial charge in [-0.3, -0.25) is 0 Å². The molecule has 10 heavy (non-hydrogen) atoms. The monoisotopic (exact) mass is 148 g/mol. The largest absolute Gasteiger partial charge is 0.144 e. The maximum Gasteiger partial charge on any atom is 0.0342 e. The molecule has 0 aliphatic heterocycles. The van der Waals surface area contributed by atoms with Gasteiger partial charge in [-0.2, -0.15) is 0 Å². The first kappa shape index (κ1) is 5.93. The van der Waals surface area contributed by atoms with Crippen LogP contribution in [0.1, 0.15) is 5.56 Å². The Morgan fingerprint density at radius 2 is 2.10 bits per heavy atom. The number of hydrogen-bond acceptors (Lipinski definition) is 1. The Labute approximate surface area is 64.1 Å². The Balaban J connectivity index is 2.86. The van der Waals surface area contributed by atoms with Gasteiger partial charge >= 0.3 is 0 Å². The molecular weight excluding hydrogens is 140 g/mol. The van der Waals surface area contributed by atoms with Crippen molar-refractivity contribution in [3.63, 3.8) is 0 Å². The van der Waals surface area contributed by atoms with Crippen LogP contribution in [0.4, 0.5) is 0 Å². The van der Waals surface area contributed by atoms with Crippen molar-refractivity contribution in [2.75, 3.05) is 0 Å². The summed E-state index contributed by atoms with van der Waals surface area (Å²) in [5.74, 6) is 0. The van der Waals surface area contributed by atoms with Gasteiger partial charge in [0, 0.05) is 4.70 Å². The molecular formula is C9H8S. The fraction of sp³-hybridized carbons (Fsp3) is 0.111. The molecule has 0 spiro atoms. The predicted octanol–water partition coefficient (Wildman–Crippen LogP) is 3.21. The van der Waals surface area contributed by atoms with E-state index in [1.165, 1.54) is 15.6 Å². The molecule has 0 unspecified atom stereocenters. The molecule has 0 bridgehead atoms. The van der Waals surface area contributed by atoms with Crippen LogP contribution in [0.3, 0.4) is 0 Å². The zero-order valence-corrected chi connectivity index (χ0v) is 6.61. The second-order valence-electron chi connectivity index (χ2n) is 2.46. The highest BCUT2D eigenvalue weighted by Crippen LogP contribution is 2.20. The summed E-state index contributed by atoms with van der Waals surface area (Å²) in [7, 11) is 0. The Kier molecular flexibility index (Phi) is 1.24. The minimum atomic E-state index is 1.34. The summed E-state index contributed by atoms with van der Waals surface area (Å²) in [5, 5.41) is 3.49. The number of aryl methyl sites for hydroxylation is 1. The summed E-state index contributed by atoms with van der Waals surface area (Å²) in [6.07, 6.45) is 0. The van der Waals surface area contributed by atoms with E-state index in [4.69, 9.17) is 0 Å². The van der Waals surface area contributed by atoms with Gasteiger partial charge < -0.3 is 0 Å². The summed E-state index contributed by atoms with van der Waals surface area (Å²) in [6.45, 7) is 2.12. The Bertz CT molecular complexity index is 346. The number of fused-ring (bicyclic) bond motifs is 1. The van der Waals surface area contributed by atoms with Crippen molar-refractivity contribution in [3.05, 3.63) is 35.2 Å². The van der Waals surface area contributed by atoms with E-state index in [1.807, 2.05) is 0 Å². The molecule has 0 amide bonds. The standard InChI is InChI=1S/C9H8S/c1-7-2-3-9-8(6-7)4-5-10-9/h2-6H,1H3. The Morgan fingerprint density at radius 3 is 3.00 bits per heavy atom. The van der Waals surface area contributed by atoms with Crippen molar-refractivity contribution in [2.24, 2.45) is 0 Å². The lowest BCUT2D eigenvalue weighted by Crippen LogP contribution is -1.67. The van der Waals surface area contributed by atoms with E-state index in [9.17, 15) is 0 Å². The van der Waals surface area contributed by atoms with Gasteiger partial charge in [0.25, 0.3) is 0 Å². The third-order valence-corrected chi connectivity index (χ3v) is 2.51. The molecule has 1 heteroatoms. The Morgan fingerprint density at radius 1 is 1.20 bits per heavy atom. The minimum absolute atomic E-state index is 1.34. The maximum atomic E-state index is 2.21. The zero-order valence-electron chi connectivity index (χ0n) is 5.79. The van der Waals surface area contributed by atoms with E-state index in [1.54, 1.807) is 11.3 Å². The molecule has 0 saturated carbocycles. The number of hydrogen-bond donors (Lipinski definition) is 0. The van der Waals surface area contributed by atoms with Gasteiger partial charge in [-0.15, -0.1) is 11.3 Å². The lowest BCUT2D eigenvalue weighted by Gasteiger charge is -1.89. The first-order valence-corrected chi connectivity index (χ1v) is 4.18. The molecule has 0 radical (unpaired) electrons. The van der Waals surface area contributed by atoms with E-state index in [0.717, 1.165) is 0 Å². The smallest absolute Gasteiger partial charge is 0.0342 e. The van der Waals surface area contributed by atoms with Crippen LogP contribution in [0.2, 0.25) is 0 Å². The number of thiophene rings is 1. The molecule has 1 heterocycles. The van der Waals surface area contributed by atoms with Crippen LogP contribution < -0.4 is 0 Å². The lowest BCUT2D eigenvalue weighted by molar-refractivity contribution is 1.52. The maximum absolute atomic E-state index is 2.21. The van der Waals surface area contributed by atoms with Crippen LogP contribution >= 0.6 is 11.3 Å². The first-order chi connectivity index (χ1) is 4.86. The van der Waals surface area contributed by atoms with Crippen molar-refractivity contribution in [2.45, 2.75) is 6.92 Å². The average molecular weight is 148 g/mol. The number of benzene rings is 1. The average Bonchev–Trinajstić information content (AvgIpc) is 2.33. The summed E-state index contributed by atoms with van der Waals surface area (Å²) in [6, 6.07) is 8.70. The van der Waals surface area contributed by atoms with Crippen molar-refractivity contribution in [3.8, 4) is 0 Å². The van der Waals surface area contributed by atoms with Crippen molar-refractivity contribution in [1.82, 2.24) is 0 Å². The fourth-order valence-electron chi connectivity index (χ4n) is 1.09. The van der Waals surface area contributed by atoms with Crippen LogP contribution in [0.15, 0.2) is 29.6 Å². The van der Waals surface area contributed by atoms with Gasteiger partial charge in [0.1, 0.15) is 0 Å². The van der Waals surface area contributed by atoms with Crippen LogP contribution in [-0.2, 0) is 0 Å². The third kappa shape index (κ3) is 0.830. The van der Waals surface area contributed by atoms with Gasteiger partial charge in [0.15, 0.2) is 0 Å².